The van der Waals surface area contributed by atoms with E-state index in [2.05, 4.69) is 10.1 Å². The molecule has 1 heterocycles. The molecule has 64 valence electrons. The van der Waals surface area contributed by atoms with Crippen molar-refractivity contribution in [1.29, 1.82) is 0 Å². The Bertz CT molecular complexity index is 266. The number of nitrogens with zero attached hydrogens (tertiary/aromatic N) is 3. The van der Waals surface area contributed by atoms with Crippen LogP contribution in [0.5, 0.6) is 0 Å². The first-order valence-electron chi connectivity index (χ1n) is 3.44. The SMILES string of the molecule is CN(N)/N=C(\N)c1ccccn1. The number of hydrazine groups is 1. The van der Waals surface area contributed by atoms with Gasteiger partial charge in [0.05, 0.1) is 0 Å². The topological polar surface area (TPSA) is 80.5 Å². The zero-order valence-corrected chi connectivity index (χ0v) is 6.81. The highest BCUT2D eigenvalue weighted by molar-refractivity contribution is 5.95. The highest BCUT2D eigenvalue weighted by Gasteiger charge is 1.97. The monoisotopic (exact) mass is 165 g/mol. The molecule has 0 aliphatic rings. The number of hydrogen-bond donors (Lipinski definition) is 2. The van der Waals surface area contributed by atoms with Gasteiger partial charge in [-0.15, -0.1) is 5.10 Å². The summed E-state index contributed by atoms with van der Waals surface area (Å²) in [6.45, 7) is 0. The molecule has 0 aliphatic heterocycles. The highest BCUT2D eigenvalue weighted by Crippen LogP contribution is 1.92. The van der Waals surface area contributed by atoms with Crippen molar-refractivity contribution in [2.75, 3.05) is 7.05 Å². The molecule has 12 heavy (non-hydrogen) atoms. The molecular weight excluding hydrogens is 154 g/mol. The number of aromatic nitrogens is 1. The van der Waals surface area contributed by atoms with E-state index in [4.69, 9.17) is 11.6 Å². The Hall–Kier alpha value is -1.62. The Morgan fingerprint density at radius 3 is 2.83 bits per heavy atom. The molecule has 0 aliphatic carbocycles. The van der Waals surface area contributed by atoms with E-state index in [-0.39, 0.29) is 0 Å². The van der Waals surface area contributed by atoms with E-state index in [0.717, 1.165) is 5.12 Å². The number of pyridine rings is 1. The maximum absolute atomic E-state index is 5.56. The number of hydrazone groups is 1. The van der Waals surface area contributed by atoms with Crippen molar-refractivity contribution in [1.82, 2.24) is 10.1 Å². The van der Waals surface area contributed by atoms with Crippen molar-refractivity contribution in [2.24, 2.45) is 16.7 Å². The average Bonchev–Trinajstić information content (AvgIpc) is 2.05. The predicted octanol–water partition coefficient (Wildman–Crippen LogP) is -0.493. The second-order valence-corrected chi connectivity index (χ2v) is 2.27. The first-order chi connectivity index (χ1) is 5.70. The van der Waals surface area contributed by atoms with E-state index in [1.807, 2.05) is 12.1 Å². The van der Waals surface area contributed by atoms with Crippen molar-refractivity contribution >= 4 is 5.84 Å². The fraction of sp³-hybridized carbons (Fsp3) is 0.143. The maximum atomic E-state index is 5.56. The number of nitrogens with two attached hydrogens (primary N) is 2. The lowest BCUT2D eigenvalue weighted by atomic mass is 10.3. The average molecular weight is 165 g/mol. The van der Waals surface area contributed by atoms with Crippen LogP contribution in [-0.2, 0) is 0 Å². The van der Waals surface area contributed by atoms with Crippen LogP contribution in [0.4, 0.5) is 0 Å². The lowest BCUT2D eigenvalue weighted by Crippen LogP contribution is -2.26. The molecule has 0 spiro atoms. The van der Waals surface area contributed by atoms with Crippen LogP contribution in [0.3, 0.4) is 0 Å². The standard InChI is InChI=1S/C7H11N5/c1-12(9)11-7(8)6-4-2-3-5-10-6/h2-5H,9H2,1H3,(H2,8,11). The van der Waals surface area contributed by atoms with Crippen LogP contribution in [0, 0.1) is 0 Å². The molecule has 0 bridgehead atoms. The Morgan fingerprint density at radius 1 is 1.58 bits per heavy atom. The van der Waals surface area contributed by atoms with Gasteiger partial charge in [0.15, 0.2) is 5.84 Å². The van der Waals surface area contributed by atoms with Crippen LogP contribution in [0.15, 0.2) is 29.5 Å². The molecular formula is C7H11N5. The smallest absolute Gasteiger partial charge is 0.171 e. The number of rotatable bonds is 2. The number of hydrogen-bond acceptors (Lipinski definition) is 4. The van der Waals surface area contributed by atoms with Gasteiger partial charge in [0, 0.05) is 13.2 Å². The van der Waals surface area contributed by atoms with Gasteiger partial charge in [0.25, 0.3) is 0 Å². The molecule has 4 N–H and O–H groups in total. The van der Waals surface area contributed by atoms with Gasteiger partial charge in [0.1, 0.15) is 5.69 Å². The molecule has 0 unspecified atom stereocenters. The third-order valence-electron chi connectivity index (χ3n) is 1.19. The highest BCUT2D eigenvalue weighted by atomic mass is 15.6. The second kappa shape index (κ2) is 3.68. The van der Waals surface area contributed by atoms with Crippen LogP contribution in [-0.4, -0.2) is 23.0 Å². The largest absolute Gasteiger partial charge is 0.380 e. The summed E-state index contributed by atoms with van der Waals surface area (Å²) in [6, 6.07) is 5.41. The summed E-state index contributed by atoms with van der Waals surface area (Å²) in [5.74, 6) is 5.57. The molecule has 0 radical (unpaired) electrons. The Kier molecular flexibility index (Phi) is 2.60. The fourth-order valence-electron chi connectivity index (χ4n) is 0.735. The minimum Gasteiger partial charge on any atom is -0.380 e. The molecule has 0 amide bonds. The van der Waals surface area contributed by atoms with Gasteiger partial charge in [-0.25, -0.2) is 11.0 Å². The lowest BCUT2D eigenvalue weighted by Gasteiger charge is -2.05. The van der Waals surface area contributed by atoms with Crippen LogP contribution in [0.1, 0.15) is 5.69 Å². The summed E-state index contributed by atoms with van der Waals surface area (Å²) >= 11 is 0. The minimum atomic E-state index is 0.306. The van der Waals surface area contributed by atoms with Crippen LogP contribution in [0.25, 0.3) is 0 Å². The van der Waals surface area contributed by atoms with E-state index in [1.54, 1.807) is 19.3 Å². The Balaban J connectivity index is 2.85. The first kappa shape index (κ1) is 8.48. The summed E-state index contributed by atoms with van der Waals surface area (Å²) in [5, 5.41) is 4.93. The molecule has 0 fully saturated rings. The summed E-state index contributed by atoms with van der Waals surface area (Å²) in [6.07, 6.45) is 1.65. The summed E-state index contributed by atoms with van der Waals surface area (Å²) in [4.78, 5) is 3.99. The molecule has 1 aromatic heterocycles. The van der Waals surface area contributed by atoms with Gasteiger partial charge in [-0.3, -0.25) is 4.98 Å². The molecule has 0 saturated carbocycles. The predicted molar refractivity (Wildman–Crippen MR) is 46.9 cm³/mol. The summed E-state index contributed by atoms with van der Waals surface area (Å²) in [5.41, 5.74) is 6.18. The number of amidine groups is 1. The fourth-order valence-corrected chi connectivity index (χ4v) is 0.735. The molecule has 0 atom stereocenters. The van der Waals surface area contributed by atoms with Gasteiger partial charge in [-0.2, -0.15) is 0 Å². The Labute approximate surface area is 70.7 Å². The van der Waals surface area contributed by atoms with Gasteiger partial charge in [-0.1, -0.05) is 6.07 Å². The van der Waals surface area contributed by atoms with Crippen molar-refractivity contribution < 1.29 is 0 Å². The van der Waals surface area contributed by atoms with Crippen LogP contribution in [0.2, 0.25) is 0 Å². The van der Waals surface area contributed by atoms with Crippen LogP contribution < -0.4 is 11.6 Å². The first-order valence-corrected chi connectivity index (χ1v) is 3.44. The van der Waals surface area contributed by atoms with Crippen molar-refractivity contribution in [3.8, 4) is 0 Å². The third-order valence-corrected chi connectivity index (χ3v) is 1.19. The zero-order chi connectivity index (χ0) is 8.97. The van der Waals surface area contributed by atoms with E-state index in [0.29, 0.717) is 11.5 Å². The van der Waals surface area contributed by atoms with E-state index in [1.165, 1.54) is 0 Å². The molecule has 1 rings (SSSR count). The van der Waals surface area contributed by atoms with Crippen molar-refractivity contribution in [3.63, 3.8) is 0 Å². The van der Waals surface area contributed by atoms with Crippen LogP contribution >= 0.6 is 0 Å². The van der Waals surface area contributed by atoms with Gasteiger partial charge in [-0.05, 0) is 12.1 Å². The lowest BCUT2D eigenvalue weighted by molar-refractivity contribution is 0.371. The third kappa shape index (κ3) is 2.21. The second-order valence-electron chi connectivity index (χ2n) is 2.27. The Morgan fingerprint density at radius 2 is 2.33 bits per heavy atom. The van der Waals surface area contributed by atoms with Gasteiger partial charge < -0.3 is 5.73 Å². The van der Waals surface area contributed by atoms with Gasteiger partial charge in [0.2, 0.25) is 0 Å². The summed E-state index contributed by atoms with van der Waals surface area (Å²) in [7, 11) is 1.59. The molecule has 5 nitrogen and oxygen atoms in total. The van der Waals surface area contributed by atoms with E-state index < -0.39 is 0 Å². The molecule has 0 aromatic carbocycles. The van der Waals surface area contributed by atoms with E-state index in [9.17, 15) is 0 Å². The molecule has 5 heteroatoms. The minimum absolute atomic E-state index is 0.306. The zero-order valence-electron chi connectivity index (χ0n) is 6.81. The van der Waals surface area contributed by atoms with Gasteiger partial charge >= 0.3 is 0 Å². The molecule has 1 aromatic rings. The van der Waals surface area contributed by atoms with E-state index >= 15 is 0 Å². The molecule has 0 saturated heterocycles. The maximum Gasteiger partial charge on any atom is 0.171 e. The van der Waals surface area contributed by atoms with Crippen molar-refractivity contribution in [3.05, 3.63) is 30.1 Å². The summed E-state index contributed by atoms with van der Waals surface area (Å²) < 4.78 is 0. The van der Waals surface area contributed by atoms with Crippen molar-refractivity contribution in [2.45, 2.75) is 0 Å². The quantitative estimate of drug-likeness (QED) is 0.268. The normalized spacial score (nSPS) is 11.3.